The van der Waals surface area contributed by atoms with Crippen LogP contribution in [-0.4, -0.2) is 15.2 Å². The number of nitrogen functional groups attached to an aromatic ring is 1. The van der Waals surface area contributed by atoms with Crippen molar-refractivity contribution in [1.29, 1.82) is 0 Å². The van der Waals surface area contributed by atoms with Gasteiger partial charge in [0.2, 0.25) is 0 Å². The molecule has 0 fully saturated rings. The number of aromatic amines is 1. The fraction of sp³-hybridized carbons (Fsp3) is 0.455. The average Bonchev–Trinajstić information content (AvgIpc) is 3.03. The fourth-order valence-electron chi connectivity index (χ4n) is 3.58. The molecule has 1 aromatic carbocycles. The van der Waals surface area contributed by atoms with Gasteiger partial charge in [-0.05, 0) is 67.0 Å². The summed E-state index contributed by atoms with van der Waals surface area (Å²) in [6.07, 6.45) is -2.87. The molecule has 0 radical (unpaired) electrons. The molecule has 0 saturated carbocycles. The summed E-state index contributed by atoms with van der Waals surface area (Å²) in [5.74, 6) is 0.876. The topological polar surface area (TPSA) is 67.6 Å². The van der Waals surface area contributed by atoms with Crippen molar-refractivity contribution in [2.24, 2.45) is 0 Å². The lowest BCUT2D eigenvalue weighted by molar-refractivity contribution is -0.138. The minimum absolute atomic E-state index is 0.202. The van der Waals surface area contributed by atoms with E-state index in [4.69, 9.17) is 5.73 Å². The minimum atomic E-state index is -4.32. The van der Waals surface area contributed by atoms with E-state index in [9.17, 15) is 13.2 Å². The summed E-state index contributed by atoms with van der Waals surface area (Å²) in [5.41, 5.74) is 9.94. The zero-order valence-electron chi connectivity index (χ0n) is 18.0. The highest BCUT2D eigenvalue weighted by Gasteiger charge is 2.36. The molecule has 0 unspecified atom stereocenters. The summed E-state index contributed by atoms with van der Waals surface area (Å²) in [7, 11) is 0. The first-order valence-corrected chi connectivity index (χ1v) is 9.61. The molecular weight excluding hydrogens is 377 g/mol. The lowest BCUT2D eigenvalue weighted by atomic mass is 9.90. The lowest BCUT2D eigenvalue weighted by Crippen LogP contribution is -2.13. The van der Waals surface area contributed by atoms with Crippen LogP contribution in [-0.2, 0) is 6.18 Å². The summed E-state index contributed by atoms with van der Waals surface area (Å²) >= 11 is 0. The van der Waals surface area contributed by atoms with Gasteiger partial charge in [-0.1, -0.05) is 27.7 Å². The third kappa shape index (κ3) is 4.89. The van der Waals surface area contributed by atoms with Gasteiger partial charge in [0, 0.05) is 11.1 Å². The van der Waals surface area contributed by atoms with Crippen LogP contribution in [0.2, 0.25) is 0 Å². The maximum absolute atomic E-state index is 13.1. The van der Waals surface area contributed by atoms with Gasteiger partial charge in [0.05, 0.1) is 17.3 Å². The number of anilines is 1. The SMILES string of the molecule is Cc1cc(N)nc(C(C)C)c1C.Cc1cc2[nH]ncc2c(C(C)C)c1C(F)(F)F. The normalized spacial score (nSPS) is 11.9. The molecule has 4 nitrogen and oxygen atoms in total. The zero-order valence-corrected chi connectivity index (χ0v) is 18.0. The molecule has 0 bridgehead atoms. The van der Waals surface area contributed by atoms with E-state index in [2.05, 4.69) is 42.9 Å². The molecule has 0 amide bonds. The molecule has 29 heavy (non-hydrogen) atoms. The van der Waals surface area contributed by atoms with E-state index in [-0.39, 0.29) is 11.5 Å². The van der Waals surface area contributed by atoms with Crippen molar-refractivity contribution in [3.8, 4) is 0 Å². The number of nitrogens with two attached hydrogens (primary N) is 1. The molecular formula is C22H29F3N4. The summed E-state index contributed by atoms with van der Waals surface area (Å²) in [6.45, 7) is 13.4. The summed E-state index contributed by atoms with van der Waals surface area (Å²) in [5, 5.41) is 7.09. The number of rotatable bonds is 2. The third-order valence-electron chi connectivity index (χ3n) is 4.98. The molecule has 0 atom stereocenters. The molecule has 0 spiro atoms. The van der Waals surface area contributed by atoms with Crippen molar-refractivity contribution < 1.29 is 13.2 Å². The zero-order chi connectivity index (χ0) is 22.1. The van der Waals surface area contributed by atoms with E-state index in [1.54, 1.807) is 13.8 Å². The number of fused-ring (bicyclic) bond motifs is 1. The predicted molar refractivity (Wildman–Crippen MR) is 112 cm³/mol. The molecule has 3 rings (SSSR count). The molecule has 158 valence electrons. The number of aryl methyl sites for hydroxylation is 2. The quantitative estimate of drug-likeness (QED) is 0.516. The van der Waals surface area contributed by atoms with Crippen molar-refractivity contribution in [1.82, 2.24) is 15.2 Å². The molecule has 0 saturated heterocycles. The summed E-state index contributed by atoms with van der Waals surface area (Å²) in [4.78, 5) is 4.31. The third-order valence-corrected chi connectivity index (χ3v) is 4.98. The number of alkyl halides is 3. The number of hydrogen-bond acceptors (Lipinski definition) is 3. The van der Waals surface area contributed by atoms with Crippen LogP contribution in [0.5, 0.6) is 0 Å². The van der Waals surface area contributed by atoms with Gasteiger partial charge in [0.25, 0.3) is 0 Å². The second-order valence-electron chi connectivity index (χ2n) is 7.99. The Bertz CT molecular complexity index is 1000. The standard InChI is InChI=1S/C12H13F3N2.C10H16N2/c1-6(2)10-8-5-16-17-9(8)4-7(3)11(10)12(13,14)15;1-6(2)10-8(4)7(3)5-9(11)12-10/h4-6H,1-3H3,(H,16,17);5-6H,1-4H3,(H2,11,12). The van der Waals surface area contributed by atoms with Crippen LogP contribution in [0.3, 0.4) is 0 Å². The minimum Gasteiger partial charge on any atom is -0.384 e. The van der Waals surface area contributed by atoms with Gasteiger partial charge < -0.3 is 5.73 Å². The summed E-state index contributed by atoms with van der Waals surface area (Å²) < 4.78 is 39.2. The maximum atomic E-state index is 13.1. The highest BCUT2D eigenvalue weighted by molar-refractivity contribution is 5.84. The first-order chi connectivity index (χ1) is 13.3. The number of benzene rings is 1. The second kappa shape index (κ2) is 8.43. The van der Waals surface area contributed by atoms with Crippen molar-refractivity contribution in [3.05, 3.63) is 51.8 Å². The largest absolute Gasteiger partial charge is 0.416 e. The van der Waals surface area contributed by atoms with Crippen LogP contribution in [0.25, 0.3) is 10.9 Å². The number of pyridine rings is 1. The number of nitrogens with zero attached hydrogens (tertiary/aromatic N) is 2. The van der Waals surface area contributed by atoms with E-state index < -0.39 is 11.7 Å². The highest BCUT2D eigenvalue weighted by Crippen LogP contribution is 2.40. The Balaban J connectivity index is 0.000000221. The fourth-order valence-corrected chi connectivity index (χ4v) is 3.58. The van der Waals surface area contributed by atoms with E-state index in [1.165, 1.54) is 30.3 Å². The number of aromatic nitrogens is 3. The number of nitrogens with one attached hydrogen (secondary N) is 1. The monoisotopic (exact) mass is 406 g/mol. The molecule has 3 aromatic rings. The van der Waals surface area contributed by atoms with Gasteiger partial charge in [0.1, 0.15) is 5.82 Å². The summed E-state index contributed by atoms with van der Waals surface area (Å²) in [6, 6.07) is 3.41. The second-order valence-corrected chi connectivity index (χ2v) is 7.99. The van der Waals surface area contributed by atoms with Crippen LogP contribution in [0.15, 0.2) is 18.3 Å². The average molecular weight is 406 g/mol. The number of hydrogen-bond donors (Lipinski definition) is 2. The Labute approximate surface area is 169 Å². The molecule has 0 aliphatic rings. The Morgan fingerprint density at radius 2 is 1.59 bits per heavy atom. The van der Waals surface area contributed by atoms with Crippen LogP contribution in [0, 0.1) is 20.8 Å². The van der Waals surface area contributed by atoms with E-state index in [1.807, 2.05) is 6.07 Å². The Morgan fingerprint density at radius 1 is 0.966 bits per heavy atom. The van der Waals surface area contributed by atoms with Gasteiger partial charge >= 0.3 is 6.18 Å². The Kier molecular flexibility index (Phi) is 6.60. The number of H-pyrrole nitrogens is 1. The smallest absolute Gasteiger partial charge is 0.384 e. The predicted octanol–water partition coefficient (Wildman–Crippen LogP) is 6.42. The van der Waals surface area contributed by atoms with Crippen molar-refractivity contribution in [3.63, 3.8) is 0 Å². The van der Waals surface area contributed by atoms with E-state index >= 15 is 0 Å². The van der Waals surface area contributed by atoms with Gasteiger partial charge in [-0.25, -0.2) is 4.98 Å². The molecule has 7 heteroatoms. The maximum Gasteiger partial charge on any atom is 0.416 e. The van der Waals surface area contributed by atoms with Gasteiger partial charge in [-0.2, -0.15) is 18.3 Å². The molecule has 3 N–H and O–H groups in total. The van der Waals surface area contributed by atoms with Crippen molar-refractivity contribution in [2.45, 2.75) is 66.5 Å². The van der Waals surface area contributed by atoms with Crippen LogP contribution in [0.1, 0.15) is 73.0 Å². The first-order valence-electron chi connectivity index (χ1n) is 9.61. The molecule has 2 heterocycles. The van der Waals surface area contributed by atoms with E-state index in [0.29, 0.717) is 28.2 Å². The lowest BCUT2D eigenvalue weighted by Gasteiger charge is -2.19. The van der Waals surface area contributed by atoms with Gasteiger partial charge in [-0.15, -0.1) is 0 Å². The van der Waals surface area contributed by atoms with Gasteiger partial charge in [0.15, 0.2) is 0 Å². The van der Waals surface area contributed by atoms with E-state index in [0.717, 1.165) is 5.69 Å². The Hall–Kier alpha value is -2.57. The number of halogens is 3. The van der Waals surface area contributed by atoms with Crippen molar-refractivity contribution in [2.75, 3.05) is 5.73 Å². The van der Waals surface area contributed by atoms with Crippen LogP contribution >= 0.6 is 0 Å². The highest BCUT2D eigenvalue weighted by atomic mass is 19.4. The first kappa shape index (κ1) is 22.7. The van der Waals surface area contributed by atoms with Crippen LogP contribution < -0.4 is 5.73 Å². The van der Waals surface area contributed by atoms with Crippen LogP contribution in [0.4, 0.5) is 19.0 Å². The van der Waals surface area contributed by atoms with Crippen molar-refractivity contribution >= 4 is 16.7 Å². The molecule has 2 aromatic heterocycles. The molecule has 0 aliphatic heterocycles. The molecule has 0 aliphatic carbocycles. The van der Waals surface area contributed by atoms with Gasteiger partial charge in [-0.3, -0.25) is 5.10 Å². The Morgan fingerprint density at radius 3 is 2.10 bits per heavy atom.